The first-order chi connectivity index (χ1) is 7.22. The molecule has 0 saturated heterocycles. The lowest BCUT2D eigenvalue weighted by Gasteiger charge is -2.32. The largest absolute Gasteiger partial charge is 0.300 e. The first-order valence-corrected chi connectivity index (χ1v) is 6.26. The highest BCUT2D eigenvalue weighted by molar-refractivity contribution is 5.87. The summed E-state index contributed by atoms with van der Waals surface area (Å²) < 4.78 is 0. The van der Waals surface area contributed by atoms with E-state index >= 15 is 0 Å². The summed E-state index contributed by atoms with van der Waals surface area (Å²) in [6, 6.07) is 0. The quantitative estimate of drug-likeness (QED) is 0.714. The first-order valence-electron chi connectivity index (χ1n) is 6.26. The zero-order chi connectivity index (χ0) is 10.8. The molecular formula is C13H20O2. The van der Waals surface area contributed by atoms with E-state index in [2.05, 4.69) is 6.92 Å². The van der Waals surface area contributed by atoms with Gasteiger partial charge < -0.3 is 0 Å². The normalized spacial score (nSPS) is 35.7. The molecule has 0 aromatic carbocycles. The fraction of sp³-hybridized carbons (Fsp3) is 0.846. The topological polar surface area (TPSA) is 34.1 Å². The van der Waals surface area contributed by atoms with Gasteiger partial charge in [-0.15, -0.1) is 0 Å². The second kappa shape index (κ2) is 4.46. The van der Waals surface area contributed by atoms with E-state index in [0.717, 1.165) is 38.5 Å². The highest BCUT2D eigenvalue weighted by atomic mass is 16.1. The Kier molecular flexibility index (Phi) is 3.22. The molecule has 0 aromatic rings. The van der Waals surface area contributed by atoms with E-state index in [0.29, 0.717) is 29.8 Å². The van der Waals surface area contributed by atoms with Gasteiger partial charge in [0.1, 0.15) is 11.6 Å². The fourth-order valence-electron chi connectivity index (χ4n) is 3.29. The molecule has 0 amide bonds. The van der Waals surface area contributed by atoms with Gasteiger partial charge in [0.05, 0.1) is 0 Å². The van der Waals surface area contributed by atoms with Crippen molar-refractivity contribution in [2.45, 2.75) is 51.9 Å². The first kappa shape index (κ1) is 10.8. The van der Waals surface area contributed by atoms with Gasteiger partial charge in [-0.1, -0.05) is 19.8 Å². The van der Waals surface area contributed by atoms with Gasteiger partial charge in [0, 0.05) is 25.2 Å². The lowest BCUT2D eigenvalue weighted by Crippen LogP contribution is -2.32. The summed E-state index contributed by atoms with van der Waals surface area (Å²) in [5.41, 5.74) is 0. The Labute approximate surface area is 91.4 Å². The van der Waals surface area contributed by atoms with Crippen molar-refractivity contribution in [3.63, 3.8) is 0 Å². The maximum atomic E-state index is 11.8. The van der Waals surface area contributed by atoms with Crippen molar-refractivity contribution in [2.24, 2.45) is 17.8 Å². The van der Waals surface area contributed by atoms with Crippen LogP contribution in [0.15, 0.2) is 0 Å². The monoisotopic (exact) mass is 208 g/mol. The maximum absolute atomic E-state index is 11.8. The molecule has 2 nitrogen and oxygen atoms in total. The molecule has 2 rings (SSSR count). The van der Waals surface area contributed by atoms with Crippen molar-refractivity contribution in [3.8, 4) is 0 Å². The summed E-state index contributed by atoms with van der Waals surface area (Å²) >= 11 is 0. The van der Waals surface area contributed by atoms with Crippen molar-refractivity contribution in [3.05, 3.63) is 0 Å². The standard InChI is InChI=1S/C13H20O2/c1-2-3-4-11-12-8-10(14)7-9(12)5-6-13(11)15/h9,11-12H,2-8H2,1H3/t9-,11?,12+/m1/s1. The Hall–Kier alpha value is -0.660. The Morgan fingerprint density at radius 3 is 2.80 bits per heavy atom. The number of hydrogen-bond acceptors (Lipinski definition) is 2. The summed E-state index contributed by atoms with van der Waals surface area (Å²) in [5, 5.41) is 0. The van der Waals surface area contributed by atoms with Crippen LogP contribution in [-0.4, -0.2) is 11.6 Å². The van der Waals surface area contributed by atoms with E-state index in [1.54, 1.807) is 0 Å². The van der Waals surface area contributed by atoms with Crippen molar-refractivity contribution in [2.75, 3.05) is 0 Å². The minimum absolute atomic E-state index is 0.218. The number of rotatable bonds is 3. The van der Waals surface area contributed by atoms with Crippen LogP contribution in [0.3, 0.4) is 0 Å². The molecule has 0 bridgehead atoms. The average molecular weight is 208 g/mol. The summed E-state index contributed by atoms with van der Waals surface area (Å²) in [7, 11) is 0. The van der Waals surface area contributed by atoms with E-state index in [1.807, 2.05) is 0 Å². The molecule has 0 N–H and O–H groups in total. The third-order valence-electron chi connectivity index (χ3n) is 4.12. The van der Waals surface area contributed by atoms with Crippen LogP contribution in [-0.2, 0) is 9.59 Å². The number of fused-ring (bicyclic) bond motifs is 1. The zero-order valence-electron chi connectivity index (χ0n) is 9.50. The Bertz CT molecular complexity index is 270. The summed E-state index contributed by atoms with van der Waals surface area (Å²) in [6.45, 7) is 2.16. The van der Waals surface area contributed by atoms with Gasteiger partial charge in [0.25, 0.3) is 0 Å². The fourth-order valence-corrected chi connectivity index (χ4v) is 3.29. The van der Waals surface area contributed by atoms with Crippen LogP contribution in [0.5, 0.6) is 0 Å². The van der Waals surface area contributed by atoms with Crippen LogP contribution in [0.1, 0.15) is 51.9 Å². The van der Waals surface area contributed by atoms with E-state index in [1.165, 1.54) is 0 Å². The van der Waals surface area contributed by atoms with Crippen LogP contribution in [0.4, 0.5) is 0 Å². The van der Waals surface area contributed by atoms with Gasteiger partial charge in [-0.2, -0.15) is 0 Å². The molecule has 0 radical (unpaired) electrons. The van der Waals surface area contributed by atoms with E-state index < -0.39 is 0 Å². The van der Waals surface area contributed by atoms with Crippen molar-refractivity contribution in [1.29, 1.82) is 0 Å². The van der Waals surface area contributed by atoms with Crippen LogP contribution in [0, 0.1) is 17.8 Å². The molecule has 2 fully saturated rings. The van der Waals surface area contributed by atoms with Gasteiger partial charge in [0.15, 0.2) is 0 Å². The summed E-state index contributed by atoms with van der Waals surface area (Å²) in [4.78, 5) is 23.3. The average Bonchev–Trinajstić information content (AvgIpc) is 2.57. The number of unbranched alkanes of at least 4 members (excludes halogenated alkanes) is 1. The maximum Gasteiger partial charge on any atom is 0.136 e. The van der Waals surface area contributed by atoms with Gasteiger partial charge in [-0.05, 0) is 24.7 Å². The molecule has 3 atom stereocenters. The predicted octanol–water partition coefficient (Wildman–Crippen LogP) is 2.75. The summed E-state index contributed by atoms with van der Waals surface area (Å²) in [6.07, 6.45) is 6.43. The van der Waals surface area contributed by atoms with E-state index in [9.17, 15) is 9.59 Å². The Morgan fingerprint density at radius 2 is 2.07 bits per heavy atom. The highest BCUT2D eigenvalue weighted by Crippen LogP contribution is 2.44. The number of hydrogen-bond donors (Lipinski definition) is 0. The number of Topliss-reactive ketones (excluding diaryl/α,β-unsaturated/α-hetero) is 2. The van der Waals surface area contributed by atoms with Gasteiger partial charge >= 0.3 is 0 Å². The van der Waals surface area contributed by atoms with Gasteiger partial charge in [-0.3, -0.25) is 9.59 Å². The molecule has 2 aliphatic carbocycles. The molecule has 2 heteroatoms. The van der Waals surface area contributed by atoms with Gasteiger partial charge in [-0.25, -0.2) is 0 Å². The number of ketones is 2. The second-order valence-corrected chi connectivity index (χ2v) is 5.12. The molecule has 2 aliphatic rings. The number of carbonyl (C=O) groups is 2. The Balaban J connectivity index is 2.04. The van der Waals surface area contributed by atoms with E-state index in [-0.39, 0.29) is 5.92 Å². The van der Waals surface area contributed by atoms with E-state index in [4.69, 9.17) is 0 Å². The van der Waals surface area contributed by atoms with Crippen molar-refractivity contribution >= 4 is 11.6 Å². The molecule has 0 spiro atoms. The smallest absolute Gasteiger partial charge is 0.136 e. The SMILES string of the molecule is CCCCC1C(=O)CC[C@@H]2CC(=O)C[C@H]12. The second-order valence-electron chi connectivity index (χ2n) is 5.12. The molecule has 0 aliphatic heterocycles. The predicted molar refractivity (Wildman–Crippen MR) is 58.5 cm³/mol. The molecule has 1 unspecified atom stereocenters. The molecule has 84 valence electrons. The third-order valence-corrected chi connectivity index (χ3v) is 4.12. The van der Waals surface area contributed by atoms with Crippen LogP contribution < -0.4 is 0 Å². The minimum atomic E-state index is 0.218. The lowest BCUT2D eigenvalue weighted by molar-refractivity contribution is -0.128. The molecule has 0 aromatic heterocycles. The Morgan fingerprint density at radius 1 is 1.27 bits per heavy atom. The zero-order valence-corrected chi connectivity index (χ0v) is 9.50. The molecule has 15 heavy (non-hydrogen) atoms. The van der Waals surface area contributed by atoms with Crippen LogP contribution in [0.2, 0.25) is 0 Å². The minimum Gasteiger partial charge on any atom is -0.300 e. The van der Waals surface area contributed by atoms with Crippen molar-refractivity contribution < 1.29 is 9.59 Å². The van der Waals surface area contributed by atoms with Crippen LogP contribution >= 0.6 is 0 Å². The van der Waals surface area contributed by atoms with Crippen molar-refractivity contribution in [1.82, 2.24) is 0 Å². The molecule has 0 heterocycles. The number of carbonyl (C=O) groups excluding carboxylic acids is 2. The third kappa shape index (κ3) is 2.14. The molecule has 2 saturated carbocycles. The van der Waals surface area contributed by atoms with Gasteiger partial charge in [0.2, 0.25) is 0 Å². The lowest BCUT2D eigenvalue weighted by atomic mass is 9.71. The van der Waals surface area contributed by atoms with Crippen LogP contribution in [0.25, 0.3) is 0 Å². The highest BCUT2D eigenvalue weighted by Gasteiger charge is 2.43. The summed E-state index contributed by atoms with van der Waals surface area (Å²) in [5.74, 6) is 1.98. The molecular weight excluding hydrogens is 188 g/mol.